The number of rotatable bonds is 2. The quantitative estimate of drug-likeness (QED) is 0.694. The van der Waals surface area contributed by atoms with E-state index in [1.165, 1.54) is 0 Å². The van der Waals surface area contributed by atoms with Gasteiger partial charge in [-0.1, -0.05) is 0 Å². The molecule has 1 aromatic rings. The Bertz CT molecular complexity index is 421. The minimum atomic E-state index is -0.366. The molecule has 88 valence electrons. The Kier molecular flexibility index (Phi) is 2.59. The van der Waals surface area contributed by atoms with Crippen LogP contribution in [-0.2, 0) is 11.3 Å². The summed E-state index contributed by atoms with van der Waals surface area (Å²) in [6.45, 7) is 4.70. The number of nitrogen functional groups attached to an aromatic ring is 1. The van der Waals surface area contributed by atoms with Gasteiger partial charge in [-0.25, -0.2) is 0 Å². The van der Waals surface area contributed by atoms with Gasteiger partial charge in [0.05, 0.1) is 23.2 Å². The lowest BCUT2D eigenvalue weighted by molar-refractivity contribution is -0.142. The van der Waals surface area contributed by atoms with E-state index in [0.717, 1.165) is 11.4 Å². The van der Waals surface area contributed by atoms with Crippen molar-refractivity contribution in [2.75, 3.05) is 18.8 Å². The normalized spacial score (nSPS) is 16.3. The summed E-state index contributed by atoms with van der Waals surface area (Å²) in [6.07, 6.45) is -0.366. The van der Waals surface area contributed by atoms with E-state index in [-0.39, 0.29) is 18.6 Å². The molecule has 16 heavy (non-hydrogen) atoms. The predicted octanol–water partition coefficient (Wildman–Crippen LogP) is -0.715. The number of amides is 1. The van der Waals surface area contributed by atoms with Gasteiger partial charge in [0, 0.05) is 13.1 Å². The van der Waals surface area contributed by atoms with Gasteiger partial charge >= 0.3 is 0 Å². The van der Waals surface area contributed by atoms with Crippen LogP contribution in [0.3, 0.4) is 0 Å². The summed E-state index contributed by atoms with van der Waals surface area (Å²) in [5.74, 6) is -0.0316. The minimum Gasteiger partial charge on any atom is -0.396 e. The number of carbonyl (C=O) groups is 1. The molecule has 1 saturated heterocycles. The van der Waals surface area contributed by atoms with Crippen molar-refractivity contribution in [1.82, 2.24) is 14.7 Å². The summed E-state index contributed by atoms with van der Waals surface area (Å²) in [6, 6.07) is 0. The number of aliphatic hydroxyl groups is 1. The number of nitrogens with two attached hydrogens (primary N) is 1. The molecule has 1 aromatic heterocycles. The van der Waals surface area contributed by atoms with Gasteiger partial charge in [-0.05, 0) is 13.8 Å². The van der Waals surface area contributed by atoms with Crippen molar-refractivity contribution in [1.29, 1.82) is 0 Å². The highest BCUT2D eigenvalue weighted by Gasteiger charge is 2.29. The molecular weight excluding hydrogens is 208 g/mol. The Labute approximate surface area is 93.6 Å². The van der Waals surface area contributed by atoms with Gasteiger partial charge < -0.3 is 15.7 Å². The molecule has 0 bridgehead atoms. The largest absolute Gasteiger partial charge is 0.396 e. The molecule has 6 nitrogen and oxygen atoms in total. The van der Waals surface area contributed by atoms with Crippen molar-refractivity contribution in [3.63, 3.8) is 0 Å². The summed E-state index contributed by atoms with van der Waals surface area (Å²) in [7, 11) is 0. The molecule has 0 aliphatic carbocycles. The molecule has 3 N–H and O–H groups in total. The summed E-state index contributed by atoms with van der Waals surface area (Å²) >= 11 is 0. The summed E-state index contributed by atoms with van der Waals surface area (Å²) in [5, 5.41) is 13.3. The Balaban J connectivity index is 2.04. The van der Waals surface area contributed by atoms with Crippen LogP contribution in [0.5, 0.6) is 0 Å². The van der Waals surface area contributed by atoms with Crippen LogP contribution < -0.4 is 5.73 Å². The van der Waals surface area contributed by atoms with Crippen molar-refractivity contribution in [2.45, 2.75) is 26.5 Å². The highest BCUT2D eigenvalue weighted by molar-refractivity contribution is 5.77. The second-order valence-corrected chi connectivity index (χ2v) is 4.19. The fraction of sp³-hybridized carbons (Fsp3) is 0.600. The van der Waals surface area contributed by atoms with E-state index in [1.54, 1.807) is 9.58 Å². The predicted molar refractivity (Wildman–Crippen MR) is 58.7 cm³/mol. The average molecular weight is 224 g/mol. The van der Waals surface area contributed by atoms with Gasteiger partial charge in [0.2, 0.25) is 5.91 Å². The topological polar surface area (TPSA) is 84.4 Å². The fourth-order valence-corrected chi connectivity index (χ4v) is 1.75. The van der Waals surface area contributed by atoms with Gasteiger partial charge in [-0.15, -0.1) is 0 Å². The number of aryl methyl sites for hydroxylation is 1. The number of hydrogen-bond donors (Lipinski definition) is 2. The molecule has 1 aliphatic rings. The van der Waals surface area contributed by atoms with E-state index in [1.807, 2.05) is 13.8 Å². The molecule has 0 atom stereocenters. The van der Waals surface area contributed by atoms with Gasteiger partial charge in [0.15, 0.2) is 0 Å². The standard InChI is InChI=1S/C10H16N4O2/c1-6-10(11)7(2)14(12-6)5-9(16)13-3-8(15)4-13/h8,15H,3-5,11H2,1-2H3. The smallest absolute Gasteiger partial charge is 0.244 e. The third kappa shape index (κ3) is 1.76. The van der Waals surface area contributed by atoms with Crippen LogP contribution >= 0.6 is 0 Å². The van der Waals surface area contributed by atoms with Crippen molar-refractivity contribution in [3.05, 3.63) is 11.4 Å². The highest BCUT2D eigenvalue weighted by atomic mass is 16.3. The number of carbonyl (C=O) groups excluding carboxylic acids is 1. The third-order valence-corrected chi connectivity index (χ3v) is 2.94. The van der Waals surface area contributed by atoms with Crippen LogP contribution in [0.25, 0.3) is 0 Å². The molecule has 1 fully saturated rings. The number of nitrogens with zero attached hydrogens (tertiary/aromatic N) is 3. The summed E-state index contributed by atoms with van der Waals surface area (Å²) < 4.78 is 1.61. The number of hydrogen-bond acceptors (Lipinski definition) is 4. The van der Waals surface area contributed by atoms with Gasteiger partial charge in [-0.2, -0.15) is 5.10 Å². The molecule has 0 radical (unpaired) electrons. The Morgan fingerprint density at radius 1 is 1.56 bits per heavy atom. The molecule has 6 heteroatoms. The maximum absolute atomic E-state index is 11.7. The highest BCUT2D eigenvalue weighted by Crippen LogP contribution is 2.15. The van der Waals surface area contributed by atoms with Crippen LogP contribution in [0.2, 0.25) is 0 Å². The lowest BCUT2D eigenvalue weighted by Gasteiger charge is -2.35. The minimum absolute atomic E-state index is 0.0316. The Morgan fingerprint density at radius 2 is 2.19 bits per heavy atom. The Morgan fingerprint density at radius 3 is 2.62 bits per heavy atom. The van der Waals surface area contributed by atoms with Crippen LogP contribution in [-0.4, -0.2) is 44.9 Å². The van der Waals surface area contributed by atoms with Gasteiger partial charge in [-0.3, -0.25) is 9.48 Å². The van der Waals surface area contributed by atoms with Crippen molar-refractivity contribution in [3.8, 4) is 0 Å². The molecule has 0 saturated carbocycles. The zero-order chi connectivity index (χ0) is 11.9. The van der Waals surface area contributed by atoms with Gasteiger partial charge in [0.25, 0.3) is 0 Å². The van der Waals surface area contributed by atoms with E-state index >= 15 is 0 Å². The molecular formula is C10H16N4O2. The van der Waals surface area contributed by atoms with Gasteiger partial charge in [0.1, 0.15) is 6.54 Å². The number of likely N-dealkylation sites (tertiary alicyclic amines) is 1. The monoisotopic (exact) mass is 224 g/mol. The molecule has 0 spiro atoms. The first-order valence-electron chi connectivity index (χ1n) is 5.24. The van der Waals surface area contributed by atoms with E-state index in [0.29, 0.717) is 18.8 Å². The number of aliphatic hydroxyl groups excluding tert-OH is 1. The number of β-amino-alcohol motifs (C(OH)–C–C–N with tert-alkyl or cyclic N) is 1. The zero-order valence-electron chi connectivity index (χ0n) is 9.47. The van der Waals surface area contributed by atoms with Crippen LogP contribution in [0.15, 0.2) is 0 Å². The van der Waals surface area contributed by atoms with Crippen molar-refractivity contribution < 1.29 is 9.90 Å². The van der Waals surface area contributed by atoms with Crippen LogP contribution in [0.4, 0.5) is 5.69 Å². The first-order chi connectivity index (χ1) is 7.49. The van der Waals surface area contributed by atoms with E-state index in [4.69, 9.17) is 10.8 Å². The fourth-order valence-electron chi connectivity index (χ4n) is 1.75. The van der Waals surface area contributed by atoms with Crippen molar-refractivity contribution in [2.24, 2.45) is 0 Å². The maximum atomic E-state index is 11.7. The van der Waals surface area contributed by atoms with Crippen LogP contribution in [0, 0.1) is 13.8 Å². The zero-order valence-corrected chi connectivity index (χ0v) is 9.47. The SMILES string of the molecule is Cc1nn(CC(=O)N2CC(O)C2)c(C)c1N. The third-order valence-electron chi connectivity index (χ3n) is 2.94. The number of aromatic nitrogens is 2. The van der Waals surface area contributed by atoms with E-state index < -0.39 is 0 Å². The average Bonchev–Trinajstić information content (AvgIpc) is 2.41. The molecule has 2 heterocycles. The second-order valence-electron chi connectivity index (χ2n) is 4.19. The van der Waals surface area contributed by atoms with E-state index in [2.05, 4.69) is 5.10 Å². The number of anilines is 1. The van der Waals surface area contributed by atoms with E-state index in [9.17, 15) is 4.79 Å². The van der Waals surface area contributed by atoms with Crippen LogP contribution in [0.1, 0.15) is 11.4 Å². The molecule has 1 aliphatic heterocycles. The Hall–Kier alpha value is -1.56. The first-order valence-corrected chi connectivity index (χ1v) is 5.24. The maximum Gasteiger partial charge on any atom is 0.244 e. The summed E-state index contributed by atoms with van der Waals surface area (Å²) in [4.78, 5) is 13.3. The van der Waals surface area contributed by atoms with Crippen molar-refractivity contribution >= 4 is 11.6 Å². The molecule has 2 rings (SSSR count). The first kappa shape index (κ1) is 10.9. The molecule has 0 aromatic carbocycles. The molecule has 1 amide bonds. The lowest BCUT2D eigenvalue weighted by atomic mass is 10.2. The second kappa shape index (κ2) is 3.79. The lowest BCUT2D eigenvalue weighted by Crippen LogP contribution is -2.54. The molecule has 0 unspecified atom stereocenters. The summed E-state index contributed by atoms with van der Waals surface area (Å²) in [5.41, 5.74) is 7.97.